The Morgan fingerprint density at radius 3 is 2.54 bits per heavy atom. The van der Waals surface area contributed by atoms with Gasteiger partial charge in [-0.1, -0.05) is 20.8 Å². The van der Waals surface area contributed by atoms with E-state index < -0.39 is 0 Å². The predicted octanol–water partition coefficient (Wildman–Crippen LogP) is 3.36. The van der Waals surface area contributed by atoms with Gasteiger partial charge in [-0.15, -0.1) is 11.3 Å². The van der Waals surface area contributed by atoms with Crippen molar-refractivity contribution in [2.24, 2.45) is 11.7 Å². The Hall–Kier alpha value is -0.340. The van der Waals surface area contributed by atoms with E-state index in [9.17, 15) is 0 Å². The molecular formula is C11H19NS. The Kier molecular flexibility index (Phi) is 3.94. The third kappa shape index (κ3) is 3.12. The molecule has 0 aliphatic heterocycles. The van der Waals surface area contributed by atoms with Crippen LogP contribution in [0.3, 0.4) is 0 Å². The zero-order valence-corrected chi connectivity index (χ0v) is 9.53. The molecule has 1 nitrogen and oxygen atoms in total. The Labute approximate surface area is 85.0 Å². The monoisotopic (exact) mass is 197 g/mol. The van der Waals surface area contributed by atoms with Crippen molar-refractivity contribution in [2.75, 3.05) is 0 Å². The summed E-state index contributed by atoms with van der Waals surface area (Å²) in [5, 5.41) is 0. The fourth-order valence-corrected chi connectivity index (χ4v) is 2.37. The molecule has 0 aliphatic carbocycles. The second-order valence-corrected chi connectivity index (χ2v) is 5.09. The molecule has 1 rings (SSSR count). The molecule has 0 aromatic carbocycles. The summed E-state index contributed by atoms with van der Waals surface area (Å²) in [5.74, 6) is 0.683. The maximum atomic E-state index is 6.07. The van der Waals surface area contributed by atoms with Crippen LogP contribution >= 0.6 is 11.3 Å². The first-order valence-corrected chi connectivity index (χ1v) is 5.79. The van der Waals surface area contributed by atoms with Gasteiger partial charge in [0.05, 0.1) is 0 Å². The van der Waals surface area contributed by atoms with Crippen molar-refractivity contribution in [1.82, 2.24) is 0 Å². The van der Waals surface area contributed by atoms with Crippen molar-refractivity contribution in [3.8, 4) is 0 Å². The third-order valence-corrected chi connectivity index (χ3v) is 3.48. The Bertz CT molecular complexity index is 252. The first-order valence-electron chi connectivity index (χ1n) is 4.97. The van der Waals surface area contributed by atoms with Gasteiger partial charge in [-0.3, -0.25) is 0 Å². The van der Waals surface area contributed by atoms with Gasteiger partial charge < -0.3 is 5.73 Å². The van der Waals surface area contributed by atoms with E-state index >= 15 is 0 Å². The van der Waals surface area contributed by atoms with E-state index in [0.29, 0.717) is 5.92 Å². The molecular weight excluding hydrogens is 178 g/mol. The lowest BCUT2D eigenvalue weighted by atomic mass is 10.0. The molecule has 0 saturated carbocycles. The van der Waals surface area contributed by atoms with Gasteiger partial charge in [0, 0.05) is 15.8 Å². The van der Waals surface area contributed by atoms with Gasteiger partial charge in [-0.2, -0.15) is 0 Å². The lowest BCUT2D eigenvalue weighted by Crippen LogP contribution is -2.11. The van der Waals surface area contributed by atoms with Crippen molar-refractivity contribution in [1.29, 1.82) is 0 Å². The summed E-state index contributed by atoms with van der Waals surface area (Å²) in [6.45, 7) is 6.62. The highest BCUT2D eigenvalue weighted by molar-refractivity contribution is 7.12. The molecule has 2 heteroatoms. The molecule has 1 aromatic heterocycles. The highest BCUT2D eigenvalue weighted by Gasteiger charge is 2.10. The minimum Gasteiger partial charge on any atom is -0.323 e. The molecule has 0 bridgehead atoms. The van der Waals surface area contributed by atoms with Crippen molar-refractivity contribution in [3.63, 3.8) is 0 Å². The van der Waals surface area contributed by atoms with Gasteiger partial charge >= 0.3 is 0 Å². The van der Waals surface area contributed by atoms with Crippen molar-refractivity contribution >= 4 is 11.3 Å². The Morgan fingerprint density at radius 2 is 2.08 bits per heavy atom. The van der Waals surface area contributed by atoms with E-state index in [0.717, 1.165) is 12.8 Å². The molecule has 1 heterocycles. The zero-order chi connectivity index (χ0) is 9.84. The fraction of sp³-hybridized carbons (Fsp3) is 0.636. The van der Waals surface area contributed by atoms with E-state index in [-0.39, 0.29) is 6.04 Å². The summed E-state index contributed by atoms with van der Waals surface area (Å²) in [7, 11) is 0. The van der Waals surface area contributed by atoms with Gasteiger partial charge in [0.15, 0.2) is 0 Å². The lowest BCUT2D eigenvalue weighted by molar-refractivity contribution is 0.515. The van der Waals surface area contributed by atoms with Crippen LogP contribution in [0.2, 0.25) is 0 Å². The van der Waals surface area contributed by atoms with E-state index in [1.165, 1.54) is 9.75 Å². The molecule has 0 spiro atoms. The number of hydrogen-bond donors (Lipinski definition) is 1. The number of nitrogens with two attached hydrogens (primary N) is 1. The first kappa shape index (κ1) is 10.7. The Balaban J connectivity index is 2.60. The van der Waals surface area contributed by atoms with Crippen LogP contribution in [0.1, 0.15) is 43.0 Å². The second-order valence-electron chi connectivity index (χ2n) is 3.89. The number of thiophene rings is 1. The van der Waals surface area contributed by atoms with Crippen molar-refractivity contribution < 1.29 is 0 Å². The number of hydrogen-bond acceptors (Lipinski definition) is 2. The quantitative estimate of drug-likeness (QED) is 0.787. The van der Waals surface area contributed by atoms with Crippen LogP contribution in [-0.4, -0.2) is 0 Å². The summed E-state index contributed by atoms with van der Waals surface area (Å²) >= 11 is 1.86. The van der Waals surface area contributed by atoms with E-state index in [1.54, 1.807) is 0 Å². The molecule has 1 atom stereocenters. The van der Waals surface area contributed by atoms with Gasteiger partial charge in [-0.25, -0.2) is 0 Å². The molecule has 0 saturated heterocycles. The Morgan fingerprint density at radius 1 is 1.38 bits per heavy atom. The predicted molar refractivity (Wildman–Crippen MR) is 60.1 cm³/mol. The van der Waals surface area contributed by atoms with Crippen LogP contribution in [0.15, 0.2) is 12.1 Å². The maximum absolute atomic E-state index is 6.07. The van der Waals surface area contributed by atoms with Gasteiger partial charge in [0.1, 0.15) is 0 Å². The van der Waals surface area contributed by atoms with Gasteiger partial charge in [-0.05, 0) is 30.9 Å². The molecule has 13 heavy (non-hydrogen) atoms. The molecule has 0 amide bonds. The maximum Gasteiger partial charge on any atom is 0.0392 e. The van der Waals surface area contributed by atoms with Crippen LogP contribution < -0.4 is 5.73 Å². The summed E-state index contributed by atoms with van der Waals surface area (Å²) in [4.78, 5) is 2.78. The van der Waals surface area contributed by atoms with Crippen LogP contribution in [-0.2, 0) is 6.42 Å². The molecule has 2 N–H and O–H groups in total. The SMILES string of the molecule is CCc1ccc(C(N)CC(C)C)s1. The molecule has 1 aromatic rings. The van der Waals surface area contributed by atoms with E-state index in [4.69, 9.17) is 5.73 Å². The summed E-state index contributed by atoms with van der Waals surface area (Å²) in [5.41, 5.74) is 6.07. The largest absolute Gasteiger partial charge is 0.323 e. The molecule has 0 radical (unpaired) electrons. The molecule has 0 aliphatic rings. The smallest absolute Gasteiger partial charge is 0.0392 e. The van der Waals surface area contributed by atoms with Crippen LogP contribution in [0.4, 0.5) is 0 Å². The van der Waals surface area contributed by atoms with Crippen LogP contribution in [0.5, 0.6) is 0 Å². The minimum absolute atomic E-state index is 0.241. The van der Waals surface area contributed by atoms with Crippen LogP contribution in [0, 0.1) is 5.92 Å². The summed E-state index contributed by atoms with van der Waals surface area (Å²) in [6, 6.07) is 4.61. The lowest BCUT2D eigenvalue weighted by Gasteiger charge is -2.11. The summed E-state index contributed by atoms with van der Waals surface area (Å²) in [6.07, 6.45) is 2.21. The summed E-state index contributed by atoms with van der Waals surface area (Å²) < 4.78 is 0. The van der Waals surface area contributed by atoms with Crippen LogP contribution in [0.25, 0.3) is 0 Å². The fourth-order valence-electron chi connectivity index (χ4n) is 1.41. The third-order valence-electron chi connectivity index (χ3n) is 2.12. The average molecular weight is 197 g/mol. The number of aryl methyl sites for hydroxylation is 1. The standard InChI is InChI=1S/C11H19NS/c1-4-9-5-6-11(13-9)10(12)7-8(2)3/h5-6,8,10H,4,7,12H2,1-3H3. The normalized spacial score (nSPS) is 13.6. The van der Waals surface area contributed by atoms with Crippen molar-refractivity contribution in [2.45, 2.75) is 39.7 Å². The highest BCUT2D eigenvalue weighted by atomic mass is 32.1. The number of rotatable bonds is 4. The second kappa shape index (κ2) is 4.77. The molecule has 1 unspecified atom stereocenters. The van der Waals surface area contributed by atoms with E-state index in [1.807, 2.05) is 11.3 Å². The topological polar surface area (TPSA) is 26.0 Å². The van der Waals surface area contributed by atoms with Crippen molar-refractivity contribution in [3.05, 3.63) is 21.9 Å². The average Bonchev–Trinajstić information content (AvgIpc) is 2.50. The van der Waals surface area contributed by atoms with E-state index in [2.05, 4.69) is 32.9 Å². The molecule has 74 valence electrons. The minimum atomic E-state index is 0.241. The first-order chi connectivity index (χ1) is 6.13. The van der Waals surface area contributed by atoms with Gasteiger partial charge in [0.25, 0.3) is 0 Å². The highest BCUT2D eigenvalue weighted by Crippen LogP contribution is 2.26. The molecule has 0 fully saturated rings. The zero-order valence-electron chi connectivity index (χ0n) is 8.71. The van der Waals surface area contributed by atoms with Gasteiger partial charge in [0.2, 0.25) is 0 Å².